The molecule has 2 nitrogen and oxygen atoms in total. The molecule has 0 aromatic heterocycles. The average Bonchev–Trinajstić information content (AvgIpc) is 2.32. The molecule has 0 atom stereocenters. The van der Waals surface area contributed by atoms with Crippen LogP contribution in [0.5, 0.6) is 0 Å². The van der Waals surface area contributed by atoms with E-state index in [2.05, 4.69) is 52.1 Å². The smallest absolute Gasteiger partial charge is 0.0359 e. The monoisotopic (exact) mass is 304 g/mol. The van der Waals surface area contributed by atoms with Gasteiger partial charge >= 0.3 is 0 Å². The molecular weight excluding hydrogens is 288 g/mol. The average molecular weight is 305 g/mol. The number of nitrogens with two attached hydrogens (primary N) is 1. The summed E-state index contributed by atoms with van der Waals surface area (Å²) in [5.74, 6) is 0. The fourth-order valence-electron chi connectivity index (χ4n) is 1.97. The van der Waals surface area contributed by atoms with E-state index in [1.165, 1.54) is 11.1 Å². The molecule has 94 valence electrons. The molecule has 0 aliphatic heterocycles. The zero-order valence-corrected chi connectivity index (χ0v) is 12.0. The van der Waals surface area contributed by atoms with Gasteiger partial charge in [0.1, 0.15) is 0 Å². The topological polar surface area (TPSA) is 29.3 Å². The lowest BCUT2D eigenvalue weighted by Crippen LogP contribution is -2.18. The van der Waals surface area contributed by atoms with Crippen LogP contribution in [0.1, 0.15) is 11.1 Å². The van der Waals surface area contributed by atoms with Crippen LogP contribution in [-0.4, -0.2) is 11.9 Å². The zero-order chi connectivity index (χ0) is 13.0. The minimum Gasteiger partial charge on any atom is -0.398 e. The van der Waals surface area contributed by atoms with Crippen LogP contribution in [0, 0.1) is 0 Å². The van der Waals surface area contributed by atoms with E-state index in [1.807, 2.05) is 24.3 Å². The third-order valence-corrected chi connectivity index (χ3v) is 3.33. The highest BCUT2D eigenvalue weighted by Gasteiger charge is 2.04. The maximum atomic E-state index is 5.95. The predicted molar refractivity (Wildman–Crippen MR) is 80.2 cm³/mol. The van der Waals surface area contributed by atoms with E-state index in [0.717, 1.165) is 23.2 Å². The zero-order valence-electron chi connectivity index (χ0n) is 10.4. The molecule has 0 bridgehead atoms. The molecule has 0 saturated carbocycles. The maximum absolute atomic E-state index is 5.95. The molecule has 0 heterocycles. The second-order valence-electron chi connectivity index (χ2n) is 4.50. The van der Waals surface area contributed by atoms with Crippen LogP contribution in [0.25, 0.3) is 0 Å². The van der Waals surface area contributed by atoms with E-state index in [9.17, 15) is 0 Å². The summed E-state index contributed by atoms with van der Waals surface area (Å²) < 4.78 is 1.12. The van der Waals surface area contributed by atoms with Crippen molar-refractivity contribution in [2.75, 3.05) is 12.8 Å². The van der Waals surface area contributed by atoms with Gasteiger partial charge in [-0.05, 0) is 36.4 Å². The summed E-state index contributed by atoms with van der Waals surface area (Å²) in [5.41, 5.74) is 9.28. The number of hydrogen-bond acceptors (Lipinski definition) is 2. The number of halogens is 1. The van der Waals surface area contributed by atoms with Gasteiger partial charge in [0.2, 0.25) is 0 Å². The summed E-state index contributed by atoms with van der Waals surface area (Å²) >= 11 is 3.49. The summed E-state index contributed by atoms with van der Waals surface area (Å²) in [7, 11) is 2.10. The fourth-order valence-corrected chi connectivity index (χ4v) is 2.42. The molecule has 0 saturated heterocycles. The van der Waals surface area contributed by atoms with E-state index >= 15 is 0 Å². The molecule has 0 fully saturated rings. The number of hydrogen-bond donors (Lipinski definition) is 1. The standard InChI is InChI=1S/C15H17BrN2/c1-18(10-12-5-4-7-14(16)9-12)11-13-6-2-3-8-15(13)17/h2-9H,10-11,17H2,1H3. The molecule has 0 amide bonds. The Hall–Kier alpha value is -1.32. The van der Waals surface area contributed by atoms with Gasteiger partial charge in [-0.1, -0.05) is 46.3 Å². The maximum Gasteiger partial charge on any atom is 0.0359 e. The van der Waals surface area contributed by atoms with Crippen molar-refractivity contribution in [1.82, 2.24) is 4.90 Å². The van der Waals surface area contributed by atoms with Gasteiger partial charge in [-0.2, -0.15) is 0 Å². The minimum atomic E-state index is 0.860. The minimum absolute atomic E-state index is 0.860. The van der Waals surface area contributed by atoms with Crippen LogP contribution in [0.3, 0.4) is 0 Å². The van der Waals surface area contributed by atoms with Crippen molar-refractivity contribution >= 4 is 21.6 Å². The molecule has 0 aliphatic carbocycles. The second-order valence-corrected chi connectivity index (χ2v) is 5.42. The first-order valence-electron chi connectivity index (χ1n) is 5.91. The van der Waals surface area contributed by atoms with Crippen molar-refractivity contribution in [3.63, 3.8) is 0 Å². The Kier molecular flexibility index (Phi) is 4.39. The van der Waals surface area contributed by atoms with Crippen molar-refractivity contribution in [2.24, 2.45) is 0 Å². The fraction of sp³-hybridized carbons (Fsp3) is 0.200. The van der Waals surface area contributed by atoms with E-state index in [1.54, 1.807) is 0 Å². The number of nitrogen functional groups attached to an aromatic ring is 1. The van der Waals surface area contributed by atoms with Gasteiger partial charge in [0.25, 0.3) is 0 Å². The Morgan fingerprint density at radius 3 is 2.56 bits per heavy atom. The molecule has 2 aromatic rings. The van der Waals surface area contributed by atoms with Gasteiger partial charge in [0.05, 0.1) is 0 Å². The third kappa shape index (κ3) is 3.59. The first kappa shape index (κ1) is 13.1. The first-order valence-corrected chi connectivity index (χ1v) is 6.71. The van der Waals surface area contributed by atoms with E-state index < -0.39 is 0 Å². The molecule has 3 heteroatoms. The quantitative estimate of drug-likeness (QED) is 0.873. The second kappa shape index (κ2) is 6.03. The predicted octanol–water partition coefficient (Wildman–Crippen LogP) is 3.66. The van der Waals surface area contributed by atoms with Gasteiger partial charge in [-0.15, -0.1) is 0 Å². The van der Waals surface area contributed by atoms with Crippen molar-refractivity contribution in [3.8, 4) is 0 Å². The number of para-hydroxylation sites is 1. The molecule has 0 spiro atoms. The Balaban J connectivity index is 2.01. The van der Waals surface area contributed by atoms with Crippen molar-refractivity contribution < 1.29 is 0 Å². The van der Waals surface area contributed by atoms with Crippen LogP contribution < -0.4 is 5.73 Å². The first-order chi connectivity index (χ1) is 8.65. The summed E-state index contributed by atoms with van der Waals surface area (Å²) in [6.07, 6.45) is 0. The Bertz CT molecular complexity index is 525. The Morgan fingerprint density at radius 2 is 1.83 bits per heavy atom. The molecule has 0 aliphatic rings. The molecule has 0 radical (unpaired) electrons. The lowest BCUT2D eigenvalue weighted by Gasteiger charge is -2.18. The van der Waals surface area contributed by atoms with Crippen molar-refractivity contribution in [3.05, 3.63) is 64.1 Å². The van der Waals surface area contributed by atoms with Gasteiger partial charge in [-0.3, -0.25) is 4.90 Å². The molecule has 18 heavy (non-hydrogen) atoms. The van der Waals surface area contributed by atoms with Crippen LogP contribution in [0.2, 0.25) is 0 Å². The molecule has 0 unspecified atom stereocenters. The third-order valence-electron chi connectivity index (χ3n) is 2.84. The summed E-state index contributed by atoms with van der Waals surface area (Å²) in [5, 5.41) is 0. The summed E-state index contributed by atoms with van der Waals surface area (Å²) in [6, 6.07) is 16.4. The molecular formula is C15H17BrN2. The van der Waals surface area contributed by atoms with Crippen LogP contribution in [-0.2, 0) is 13.1 Å². The Morgan fingerprint density at radius 1 is 1.06 bits per heavy atom. The summed E-state index contributed by atoms with van der Waals surface area (Å²) in [4.78, 5) is 2.26. The number of nitrogens with zero attached hydrogens (tertiary/aromatic N) is 1. The Labute approximate surface area is 117 Å². The van der Waals surface area contributed by atoms with Crippen molar-refractivity contribution in [2.45, 2.75) is 13.1 Å². The van der Waals surface area contributed by atoms with Crippen LogP contribution >= 0.6 is 15.9 Å². The highest BCUT2D eigenvalue weighted by atomic mass is 79.9. The normalized spacial score (nSPS) is 10.8. The van der Waals surface area contributed by atoms with E-state index in [-0.39, 0.29) is 0 Å². The molecule has 2 rings (SSSR count). The molecule has 2 N–H and O–H groups in total. The number of anilines is 1. The van der Waals surface area contributed by atoms with E-state index in [4.69, 9.17) is 5.73 Å². The highest BCUT2D eigenvalue weighted by Crippen LogP contribution is 2.16. The van der Waals surface area contributed by atoms with Gasteiger partial charge in [0.15, 0.2) is 0 Å². The molecule has 2 aromatic carbocycles. The van der Waals surface area contributed by atoms with Gasteiger partial charge < -0.3 is 5.73 Å². The SMILES string of the molecule is CN(Cc1cccc(Br)c1)Cc1ccccc1N. The highest BCUT2D eigenvalue weighted by molar-refractivity contribution is 9.10. The van der Waals surface area contributed by atoms with Crippen LogP contribution in [0.4, 0.5) is 5.69 Å². The van der Waals surface area contributed by atoms with Gasteiger partial charge in [0, 0.05) is 23.2 Å². The van der Waals surface area contributed by atoms with E-state index in [0.29, 0.717) is 0 Å². The number of benzene rings is 2. The van der Waals surface area contributed by atoms with Gasteiger partial charge in [-0.25, -0.2) is 0 Å². The largest absolute Gasteiger partial charge is 0.398 e. The van der Waals surface area contributed by atoms with Crippen molar-refractivity contribution in [1.29, 1.82) is 0 Å². The van der Waals surface area contributed by atoms with Crippen LogP contribution in [0.15, 0.2) is 53.0 Å². The lowest BCUT2D eigenvalue weighted by molar-refractivity contribution is 0.319. The number of rotatable bonds is 4. The lowest BCUT2D eigenvalue weighted by atomic mass is 10.1. The summed E-state index contributed by atoms with van der Waals surface area (Å²) in [6.45, 7) is 1.77.